The predicted molar refractivity (Wildman–Crippen MR) is 83.0 cm³/mol. The van der Waals surface area contributed by atoms with Crippen molar-refractivity contribution in [3.63, 3.8) is 0 Å². The molecule has 3 atom stereocenters. The molecule has 1 aliphatic carbocycles. The zero-order valence-electron chi connectivity index (χ0n) is 12.0. The van der Waals surface area contributed by atoms with Gasteiger partial charge in [-0.2, -0.15) is 0 Å². The molecule has 0 amide bonds. The molecule has 0 saturated heterocycles. The van der Waals surface area contributed by atoms with Gasteiger partial charge in [-0.3, -0.25) is 4.79 Å². The SMILES string of the molecule is CCC1CCC(NCc2nc3ccsc3c(=O)[nH]2)C1C. The van der Waals surface area contributed by atoms with Gasteiger partial charge in [0.05, 0.1) is 12.1 Å². The summed E-state index contributed by atoms with van der Waals surface area (Å²) in [5.74, 6) is 2.28. The maximum absolute atomic E-state index is 11.9. The van der Waals surface area contributed by atoms with Crippen LogP contribution in [0.5, 0.6) is 0 Å². The maximum Gasteiger partial charge on any atom is 0.268 e. The summed E-state index contributed by atoms with van der Waals surface area (Å²) in [4.78, 5) is 19.3. The lowest BCUT2D eigenvalue weighted by atomic mass is 9.93. The van der Waals surface area contributed by atoms with Crippen LogP contribution in [-0.4, -0.2) is 16.0 Å². The molecule has 0 bridgehead atoms. The van der Waals surface area contributed by atoms with E-state index in [9.17, 15) is 4.79 Å². The van der Waals surface area contributed by atoms with Gasteiger partial charge in [-0.05, 0) is 36.1 Å². The number of hydrogen-bond acceptors (Lipinski definition) is 4. The van der Waals surface area contributed by atoms with E-state index < -0.39 is 0 Å². The summed E-state index contributed by atoms with van der Waals surface area (Å²) in [6.45, 7) is 5.25. The number of aromatic amines is 1. The molecular weight excluding hydrogens is 270 g/mol. The molecule has 3 rings (SSSR count). The van der Waals surface area contributed by atoms with Crippen LogP contribution in [0.4, 0.5) is 0 Å². The zero-order valence-corrected chi connectivity index (χ0v) is 12.8. The van der Waals surface area contributed by atoms with Crippen molar-refractivity contribution < 1.29 is 0 Å². The number of aromatic nitrogens is 2. The standard InChI is InChI=1S/C15H21N3OS/c1-3-10-4-5-11(9(10)2)16-8-13-17-12-6-7-20-14(12)15(19)18-13/h6-7,9-11,16H,3-5,8H2,1-2H3,(H,17,18,19). The summed E-state index contributed by atoms with van der Waals surface area (Å²) in [7, 11) is 0. The molecule has 3 unspecified atom stereocenters. The molecule has 0 aromatic carbocycles. The van der Waals surface area contributed by atoms with Crippen LogP contribution in [0.15, 0.2) is 16.2 Å². The third kappa shape index (κ3) is 2.52. The van der Waals surface area contributed by atoms with Gasteiger partial charge in [-0.15, -0.1) is 11.3 Å². The van der Waals surface area contributed by atoms with E-state index in [2.05, 4.69) is 29.1 Å². The van der Waals surface area contributed by atoms with Gasteiger partial charge >= 0.3 is 0 Å². The Morgan fingerprint density at radius 2 is 2.35 bits per heavy atom. The first-order chi connectivity index (χ1) is 9.69. The molecule has 4 nitrogen and oxygen atoms in total. The van der Waals surface area contributed by atoms with Crippen molar-refractivity contribution in [3.05, 3.63) is 27.6 Å². The Morgan fingerprint density at radius 1 is 1.50 bits per heavy atom. The van der Waals surface area contributed by atoms with Crippen LogP contribution in [0, 0.1) is 11.8 Å². The van der Waals surface area contributed by atoms with Crippen molar-refractivity contribution in [3.8, 4) is 0 Å². The minimum Gasteiger partial charge on any atom is -0.308 e. The van der Waals surface area contributed by atoms with Crippen molar-refractivity contribution in [1.82, 2.24) is 15.3 Å². The smallest absolute Gasteiger partial charge is 0.268 e. The summed E-state index contributed by atoms with van der Waals surface area (Å²) >= 11 is 1.44. The Hall–Kier alpha value is -1.20. The average molecular weight is 291 g/mol. The highest BCUT2D eigenvalue weighted by Gasteiger charge is 2.31. The third-order valence-electron chi connectivity index (χ3n) is 4.65. The van der Waals surface area contributed by atoms with Gasteiger partial charge in [-0.25, -0.2) is 4.98 Å². The Bertz CT molecular complexity index is 648. The van der Waals surface area contributed by atoms with Crippen molar-refractivity contribution in [1.29, 1.82) is 0 Å². The van der Waals surface area contributed by atoms with Gasteiger partial charge in [0.15, 0.2) is 0 Å². The Morgan fingerprint density at radius 3 is 3.10 bits per heavy atom. The molecule has 2 N–H and O–H groups in total. The van der Waals surface area contributed by atoms with E-state index in [0.717, 1.165) is 17.3 Å². The number of nitrogens with one attached hydrogen (secondary N) is 2. The van der Waals surface area contributed by atoms with E-state index in [0.29, 0.717) is 23.2 Å². The molecule has 2 heterocycles. The molecule has 0 aliphatic heterocycles. The molecule has 1 fully saturated rings. The molecule has 0 spiro atoms. The fraction of sp³-hybridized carbons (Fsp3) is 0.600. The fourth-order valence-electron chi connectivity index (χ4n) is 3.34. The van der Waals surface area contributed by atoms with Crippen LogP contribution < -0.4 is 10.9 Å². The fourth-order valence-corrected chi connectivity index (χ4v) is 4.07. The minimum absolute atomic E-state index is 0.0206. The second kappa shape index (κ2) is 5.66. The average Bonchev–Trinajstić information content (AvgIpc) is 3.03. The van der Waals surface area contributed by atoms with Crippen LogP contribution in [0.3, 0.4) is 0 Å². The molecular formula is C15H21N3OS. The first-order valence-corrected chi connectivity index (χ1v) is 8.26. The molecule has 0 radical (unpaired) electrons. The van der Waals surface area contributed by atoms with Gasteiger partial charge in [0.2, 0.25) is 0 Å². The third-order valence-corrected chi connectivity index (χ3v) is 5.55. The van der Waals surface area contributed by atoms with Crippen molar-refractivity contribution in [2.75, 3.05) is 0 Å². The normalized spacial score (nSPS) is 26.4. The number of rotatable bonds is 4. The zero-order chi connectivity index (χ0) is 14.1. The minimum atomic E-state index is -0.0206. The van der Waals surface area contributed by atoms with Crippen molar-refractivity contribution >= 4 is 21.6 Å². The monoisotopic (exact) mass is 291 g/mol. The summed E-state index contributed by atoms with van der Waals surface area (Å²) < 4.78 is 0.717. The van der Waals surface area contributed by atoms with E-state index in [1.807, 2.05) is 11.4 Å². The van der Waals surface area contributed by atoms with E-state index in [1.165, 1.54) is 30.6 Å². The molecule has 1 aliphatic rings. The summed E-state index contributed by atoms with van der Waals surface area (Å²) in [5.41, 5.74) is 0.786. The molecule has 5 heteroatoms. The van der Waals surface area contributed by atoms with E-state index in [-0.39, 0.29) is 5.56 Å². The number of nitrogens with zero attached hydrogens (tertiary/aromatic N) is 1. The number of fused-ring (bicyclic) bond motifs is 1. The van der Waals surface area contributed by atoms with Crippen molar-refractivity contribution in [2.45, 2.75) is 45.7 Å². The second-order valence-electron chi connectivity index (χ2n) is 5.74. The highest BCUT2D eigenvalue weighted by atomic mass is 32.1. The Labute approximate surface area is 122 Å². The van der Waals surface area contributed by atoms with Crippen molar-refractivity contribution in [2.24, 2.45) is 11.8 Å². The second-order valence-corrected chi connectivity index (χ2v) is 6.66. The highest BCUT2D eigenvalue weighted by Crippen LogP contribution is 2.33. The Balaban J connectivity index is 1.70. The molecule has 108 valence electrons. The molecule has 20 heavy (non-hydrogen) atoms. The quantitative estimate of drug-likeness (QED) is 0.910. The lowest BCUT2D eigenvalue weighted by molar-refractivity contribution is 0.342. The van der Waals surface area contributed by atoms with Crippen LogP contribution in [0.25, 0.3) is 10.2 Å². The summed E-state index contributed by atoms with van der Waals surface area (Å²) in [5, 5.41) is 5.48. The van der Waals surface area contributed by atoms with Crippen LogP contribution in [0.1, 0.15) is 38.9 Å². The van der Waals surface area contributed by atoms with Gasteiger partial charge in [0, 0.05) is 6.04 Å². The molecule has 1 saturated carbocycles. The van der Waals surface area contributed by atoms with Gasteiger partial charge in [0.1, 0.15) is 10.5 Å². The number of hydrogen-bond donors (Lipinski definition) is 2. The van der Waals surface area contributed by atoms with Gasteiger partial charge in [0.25, 0.3) is 5.56 Å². The largest absolute Gasteiger partial charge is 0.308 e. The van der Waals surface area contributed by atoms with E-state index >= 15 is 0 Å². The Kier molecular flexibility index (Phi) is 3.89. The van der Waals surface area contributed by atoms with E-state index in [4.69, 9.17) is 0 Å². The van der Waals surface area contributed by atoms with Crippen LogP contribution >= 0.6 is 11.3 Å². The van der Waals surface area contributed by atoms with Crippen LogP contribution in [-0.2, 0) is 6.54 Å². The topological polar surface area (TPSA) is 57.8 Å². The van der Waals surface area contributed by atoms with E-state index in [1.54, 1.807) is 0 Å². The highest BCUT2D eigenvalue weighted by molar-refractivity contribution is 7.17. The molecule has 2 aromatic rings. The first kappa shape index (κ1) is 13.8. The maximum atomic E-state index is 11.9. The van der Waals surface area contributed by atoms with Crippen LogP contribution in [0.2, 0.25) is 0 Å². The molecule has 2 aromatic heterocycles. The summed E-state index contributed by atoms with van der Waals surface area (Å²) in [6.07, 6.45) is 3.79. The van der Waals surface area contributed by atoms with Gasteiger partial charge in [-0.1, -0.05) is 20.3 Å². The van der Waals surface area contributed by atoms with Gasteiger partial charge < -0.3 is 10.3 Å². The lowest BCUT2D eigenvalue weighted by Gasteiger charge is -2.20. The number of thiophene rings is 1. The first-order valence-electron chi connectivity index (χ1n) is 7.38. The summed E-state index contributed by atoms with van der Waals surface area (Å²) in [6, 6.07) is 2.45. The number of H-pyrrole nitrogens is 1. The lowest BCUT2D eigenvalue weighted by Crippen LogP contribution is -2.33. The predicted octanol–water partition coefficient (Wildman–Crippen LogP) is 2.90.